The van der Waals surface area contributed by atoms with Crippen molar-refractivity contribution < 1.29 is 9.26 Å². The van der Waals surface area contributed by atoms with Crippen LogP contribution in [0.2, 0.25) is 0 Å². The first-order valence-electron chi connectivity index (χ1n) is 5.98. The molecule has 0 bridgehead atoms. The number of aromatic nitrogens is 2. The molecular weight excluding hydrogens is 206 g/mol. The number of hydrogen-bond acceptors (Lipinski definition) is 5. The Hall–Kier alpha value is -0.940. The molecule has 0 amide bonds. The Morgan fingerprint density at radius 3 is 3.25 bits per heavy atom. The first-order valence-corrected chi connectivity index (χ1v) is 5.98. The Bertz CT molecular complexity index is 308. The largest absolute Gasteiger partial charge is 0.372 e. The fourth-order valence-corrected chi connectivity index (χ4v) is 1.98. The van der Waals surface area contributed by atoms with Crippen LogP contribution < -0.4 is 5.32 Å². The van der Waals surface area contributed by atoms with Crippen LogP contribution in [-0.2, 0) is 17.8 Å². The Kier molecular flexibility index (Phi) is 4.30. The van der Waals surface area contributed by atoms with E-state index >= 15 is 0 Å². The van der Waals surface area contributed by atoms with Gasteiger partial charge in [-0.15, -0.1) is 0 Å². The minimum Gasteiger partial charge on any atom is -0.372 e. The summed E-state index contributed by atoms with van der Waals surface area (Å²) in [5.41, 5.74) is 0. The quantitative estimate of drug-likeness (QED) is 0.814. The molecular formula is C11H19N3O2. The molecule has 0 radical (unpaired) electrons. The van der Waals surface area contributed by atoms with Gasteiger partial charge in [-0.3, -0.25) is 0 Å². The van der Waals surface area contributed by atoms with E-state index in [1.54, 1.807) is 0 Å². The van der Waals surface area contributed by atoms with E-state index in [0.717, 1.165) is 25.3 Å². The fourth-order valence-electron chi connectivity index (χ4n) is 1.98. The van der Waals surface area contributed by atoms with E-state index in [2.05, 4.69) is 15.5 Å². The average molecular weight is 225 g/mol. The minimum absolute atomic E-state index is 0.423. The summed E-state index contributed by atoms with van der Waals surface area (Å²) in [4.78, 5) is 4.31. The summed E-state index contributed by atoms with van der Waals surface area (Å²) in [5, 5.41) is 7.35. The molecule has 1 saturated heterocycles. The first-order chi connectivity index (χ1) is 7.88. The van der Waals surface area contributed by atoms with E-state index in [-0.39, 0.29) is 0 Å². The maximum atomic E-state index is 5.21. The van der Waals surface area contributed by atoms with Gasteiger partial charge in [0.05, 0.1) is 0 Å². The van der Waals surface area contributed by atoms with E-state index in [0.29, 0.717) is 25.0 Å². The van der Waals surface area contributed by atoms with E-state index in [1.807, 2.05) is 6.92 Å². The highest BCUT2D eigenvalue weighted by Crippen LogP contribution is 2.14. The van der Waals surface area contributed by atoms with Gasteiger partial charge in [-0.05, 0) is 38.8 Å². The number of nitrogens with zero attached hydrogens (tertiary/aromatic N) is 2. The summed E-state index contributed by atoms with van der Waals surface area (Å²) in [6.45, 7) is 5.25. The lowest BCUT2D eigenvalue weighted by molar-refractivity contribution is 0.109. The molecule has 1 N–H and O–H groups in total. The van der Waals surface area contributed by atoms with Crippen molar-refractivity contribution in [3.8, 4) is 0 Å². The summed E-state index contributed by atoms with van der Waals surface area (Å²) in [6, 6.07) is 0. The van der Waals surface area contributed by atoms with Crippen LogP contribution in [0.25, 0.3) is 0 Å². The first kappa shape index (κ1) is 11.5. The molecule has 2 heterocycles. The van der Waals surface area contributed by atoms with E-state index in [4.69, 9.17) is 9.26 Å². The highest BCUT2D eigenvalue weighted by atomic mass is 16.5. The van der Waals surface area contributed by atoms with Gasteiger partial charge < -0.3 is 14.6 Å². The van der Waals surface area contributed by atoms with Crippen molar-refractivity contribution in [1.29, 1.82) is 0 Å². The fraction of sp³-hybridized carbons (Fsp3) is 0.818. The van der Waals surface area contributed by atoms with Crippen molar-refractivity contribution in [3.63, 3.8) is 0 Å². The third kappa shape index (κ3) is 3.28. The SMILES string of the molecule is CCOCc1nc(CC2CCCNC2)no1. The van der Waals surface area contributed by atoms with Gasteiger partial charge in [0.2, 0.25) is 0 Å². The van der Waals surface area contributed by atoms with Crippen molar-refractivity contribution in [2.75, 3.05) is 19.7 Å². The van der Waals surface area contributed by atoms with Gasteiger partial charge in [-0.2, -0.15) is 4.98 Å². The predicted octanol–water partition coefficient (Wildman–Crippen LogP) is 1.15. The van der Waals surface area contributed by atoms with Gasteiger partial charge in [0.1, 0.15) is 6.61 Å². The van der Waals surface area contributed by atoms with Crippen LogP contribution >= 0.6 is 0 Å². The van der Waals surface area contributed by atoms with E-state index < -0.39 is 0 Å². The zero-order valence-corrected chi connectivity index (χ0v) is 9.74. The number of hydrogen-bond donors (Lipinski definition) is 1. The summed E-state index contributed by atoms with van der Waals surface area (Å²) in [6.07, 6.45) is 3.40. The molecule has 2 rings (SSSR count). The van der Waals surface area contributed by atoms with Crippen molar-refractivity contribution in [2.24, 2.45) is 5.92 Å². The standard InChI is InChI=1S/C11H19N3O2/c1-2-15-8-11-13-10(14-16-11)6-9-4-3-5-12-7-9/h9,12H,2-8H2,1H3. The molecule has 1 aromatic rings. The van der Waals surface area contributed by atoms with Crippen LogP contribution in [0, 0.1) is 5.92 Å². The van der Waals surface area contributed by atoms with Crippen molar-refractivity contribution >= 4 is 0 Å². The van der Waals surface area contributed by atoms with E-state index in [1.165, 1.54) is 12.8 Å². The van der Waals surface area contributed by atoms with Crippen LogP contribution in [0.5, 0.6) is 0 Å². The third-order valence-electron chi connectivity index (χ3n) is 2.81. The molecule has 0 aromatic carbocycles. The van der Waals surface area contributed by atoms with Crippen LogP contribution in [0.4, 0.5) is 0 Å². The molecule has 90 valence electrons. The number of rotatable bonds is 5. The number of piperidine rings is 1. The molecule has 1 aliphatic heterocycles. The maximum absolute atomic E-state index is 5.21. The highest BCUT2D eigenvalue weighted by molar-refractivity contribution is 4.88. The summed E-state index contributed by atoms with van der Waals surface area (Å²) >= 11 is 0. The molecule has 0 saturated carbocycles. The second kappa shape index (κ2) is 5.96. The third-order valence-corrected chi connectivity index (χ3v) is 2.81. The molecule has 0 spiro atoms. The van der Waals surface area contributed by atoms with Gasteiger partial charge in [0, 0.05) is 13.0 Å². The summed E-state index contributed by atoms with van der Waals surface area (Å²) in [5.74, 6) is 2.04. The van der Waals surface area contributed by atoms with Crippen molar-refractivity contribution in [1.82, 2.24) is 15.5 Å². The Morgan fingerprint density at radius 2 is 2.50 bits per heavy atom. The second-order valence-electron chi connectivity index (χ2n) is 4.16. The molecule has 1 aromatic heterocycles. The number of ether oxygens (including phenoxy) is 1. The lowest BCUT2D eigenvalue weighted by Crippen LogP contribution is -2.31. The normalized spacial score (nSPS) is 21.2. The molecule has 5 heteroatoms. The van der Waals surface area contributed by atoms with Crippen LogP contribution in [-0.4, -0.2) is 29.8 Å². The molecule has 5 nitrogen and oxygen atoms in total. The molecule has 1 unspecified atom stereocenters. The zero-order valence-electron chi connectivity index (χ0n) is 9.74. The van der Waals surface area contributed by atoms with Crippen LogP contribution in [0.1, 0.15) is 31.5 Å². The van der Waals surface area contributed by atoms with Crippen LogP contribution in [0.3, 0.4) is 0 Å². The van der Waals surface area contributed by atoms with Gasteiger partial charge in [-0.1, -0.05) is 5.16 Å². The van der Waals surface area contributed by atoms with Crippen molar-refractivity contribution in [3.05, 3.63) is 11.7 Å². The van der Waals surface area contributed by atoms with Gasteiger partial charge in [0.15, 0.2) is 5.82 Å². The topological polar surface area (TPSA) is 60.2 Å². The zero-order chi connectivity index (χ0) is 11.2. The minimum atomic E-state index is 0.423. The lowest BCUT2D eigenvalue weighted by Gasteiger charge is -2.20. The molecule has 1 aliphatic rings. The number of nitrogens with one attached hydrogen (secondary N) is 1. The second-order valence-corrected chi connectivity index (χ2v) is 4.16. The Morgan fingerprint density at radius 1 is 1.56 bits per heavy atom. The van der Waals surface area contributed by atoms with Gasteiger partial charge in [0.25, 0.3) is 5.89 Å². The Balaban J connectivity index is 1.81. The molecule has 0 aliphatic carbocycles. The van der Waals surface area contributed by atoms with Crippen LogP contribution in [0.15, 0.2) is 4.52 Å². The molecule has 1 atom stereocenters. The maximum Gasteiger partial charge on any atom is 0.252 e. The predicted molar refractivity (Wildman–Crippen MR) is 58.9 cm³/mol. The summed E-state index contributed by atoms with van der Waals surface area (Å²) < 4.78 is 10.3. The lowest BCUT2D eigenvalue weighted by atomic mass is 9.96. The van der Waals surface area contributed by atoms with Crippen molar-refractivity contribution in [2.45, 2.75) is 32.8 Å². The monoisotopic (exact) mass is 225 g/mol. The summed E-state index contributed by atoms with van der Waals surface area (Å²) in [7, 11) is 0. The molecule has 16 heavy (non-hydrogen) atoms. The smallest absolute Gasteiger partial charge is 0.252 e. The molecule has 1 fully saturated rings. The highest BCUT2D eigenvalue weighted by Gasteiger charge is 2.16. The van der Waals surface area contributed by atoms with Gasteiger partial charge >= 0.3 is 0 Å². The van der Waals surface area contributed by atoms with Gasteiger partial charge in [-0.25, -0.2) is 0 Å². The Labute approximate surface area is 95.6 Å². The average Bonchev–Trinajstić information content (AvgIpc) is 2.75. The van der Waals surface area contributed by atoms with E-state index in [9.17, 15) is 0 Å².